The Morgan fingerprint density at radius 3 is 2.65 bits per heavy atom. The SMILES string of the molecule is CC(C)(C)OC(=O)N1CCC(CNc2cc(Cl)nc(N)n2)CC1. The summed E-state index contributed by atoms with van der Waals surface area (Å²) in [6, 6.07) is 1.65. The van der Waals surface area contributed by atoms with Crippen LogP contribution in [0.3, 0.4) is 0 Å². The van der Waals surface area contributed by atoms with Gasteiger partial charge in [0.25, 0.3) is 0 Å². The fourth-order valence-corrected chi connectivity index (χ4v) is 2.61. The second kappa shape index (κ2) is 7.21. The summed E-state index contributed by atoms with van der Waals surface area (Å²) in [5, 5.41) is 3.55. The molecule has 7 nitrogen and oxygen atoms in total. The van der Waals surface area contributed by atoms with Gasteiger partial charge in [0.15, 0.2) is 0 Å². The summed E-state index contributed by atoms with van der Waals surface area (Å²) >= 11 is 5.85. The predicted octanol–water partition coefficient (Wildman–Crippen LogP) is 2.77. The molecule has 2 rings (SSSR count). The Morgan fingerprint density at radius 2 is 2.09 bits per heavy atom. The molecule has 1 fully saturated rings. The normalized spacial score (nSPS) is 16.3. The van der Waals surface area contributed by atoms with E-state index in [1.165, 1.54) is 0 Å². The van der Waals surface area contributed by atoms with Gasteiger partial charge in [-0.15, -0.1) is 0 Å². The van der Waals surface area contributed by atoms with Gasteiger partial charge >= 0.3 is 6.09 Å². The summed E-state index contributed by atoms with van der Waals surface area (Å²) in [6.45, 7) is 7.79. The zero-order valence-electron chi connectivity index (χ0n) is 13.8. The van der Waals surface area contributed by atoms with E-state index in [-0.39, 0.29) is 12.0 Å². The van der Waals surface area contributed by atoms with Gasteiger partial charge < -0.3 is 20.7 Å². The van der Waals surface area contributed by atoms with E-state index in [0.29, 0.717) is 30.0 Å². The molecule has 128 valence electrons. The smallest absolute Gasteiger partial charge is 0.410 e. The third kappa shape index (κ3) is 5.74. The minimum absolute atomic E-state index is 0.153. The molecule has 1 saturated heterocycles. The standard InChI is InChI=1S/C15H24ClN5O2/c1-15(2,3)23-14(22)21-6-4-10(5-7-21)9-18-12-8-11(16)19-13(17)20-12/h8,10H,4-7,9H2,1-3H3,(H3,17,18,19,20). The Balaban J connectivity index is 1.77. The van der Waals surface area contributed by atoms with Crippen LogP contribution in [0.5, 0.6) is 0 Å². The number of carbonyl (C=O) groups excluding carboxylic acids is 1. The van der Waals surface area contributed by atoms with E-state index in [0.717, 1.165) is 19.4 Å². The van der Waals surface area contributed by atoms with E-state index in [1.54, 1.807) is 11.0 Å². The third-order valence-corrected chi connectivity index (χ3v) is 3.74. The first-order valence-electron chi connectivity index (χ1n) is 7.75. The van der Waals surface area contributed by atoms with Gasteiger partial charge in [0.1, 0.15) is 16.6 Å². The van der Waals surface area contributed by atoms with Crippen LogP contribution in [0.4, 0.5) is 16.6 Å². The topological polar surface area (TPSA) is 93.4 Å². The first-order valence-corrected chi connectivity index (χ1v) is 8.12. The monoisotopic (exact) mass is 341 g/mol. The number of hydrogen-bond acceptors (Lipinski definition) is 6. The Kier molecular flexibility index (Phi) is 5.51. The molecule has 23 heavy (non-hydrogen) atoms. The number of piperidine rings is 1. The summed E-state index contributed by atoms with van der Waals surface area (Å²) < 4.78 is 5.39. The number of nitrogens with one attached hydrogen (secondary N) is 1. The number of likely N-dealkylation sites (tertiary alicyclic amines) is 1. The van der Waals surface area contributed by atoms with Gasteiger partial charge in [-0.2, -0.15) is 4.98 Å². The average molecular weight is 342 g/mol. The quantitative estimate of drug-likeness (QED) is 0.821. The number of amides is 1. The number of halogens is 1. The molecule has 0 bridgehead atoms. The zero-order valence-corrected chi connectivity index (χ0v) is 14.6. The molecule has 1 aromatic rings. The first-order chi connectivity index (χ1) is 10.7. The van der Waals surface area contributed by atoms with Gasteiger partial charge in [-0.3, -0.25) is 0 Å². The van der Waals surface area contributed by atoms with Crippen molar-refractivity contribution >= 4 is 29.5 Å². The summed E-state index contributed by atoms with van der Waals surface area (Å²) in [4.78, 5) is 21.7. The molecule has 8 heteroatoms. The lowest BCUT2D eigenvalue weighted by atomic mass is 9.97. The Hall–Kier alpha value is -1.76. The molecule has 0 radical (unpaired) electrons. The van der Waals surface area contributed by atoms with E-state index in [4.69, 9.17) is 22.1 Å². The maximum atomic E-state index is 12.0. The van der Waals surface area contributed by atoms with E-state index >= 15 is 0 Å². The fourth-order valence-electron chi connectivity index (χ4n) is 2.42. The Bertz CT molecular complexity index is 533. The molecule has 1 aromatic heterocycles. The lowest BCUT2D eigenvalue weighted by Crippen LogP contribution is -2.42. The van der Waals surface area contributed by atoms with Gasteiger partial charge in [0.05, 0.1) is 0 Å². The molecule has 1 aliphatic rings. The molecule has 0 unspecified atom stereocenters. The Morgan fingerprint density at radius 1 is 1.43 bits per heavy atom. The molecule has 0 aromatic carbocycles. The number of ether oxygens (including phenoxy) is 1. The van der Waals surface area contributed by atoms with Crippen molar-refractivity contribution in [3.63, 3.8) is 0 Å². The van der Waals surface area contributed by atoms with E-state index < -0.39 is 5.60 Å². The number of anilines is 2. The van der Waals surface area contributed by atoms with E-state index in [9.17, 15) is 4.79 Å². The van der Waals surface area contributed by atoms with Crippen molar-refractivity contribution in [3.8, 4) is 0 Å². The maximum Gasteiger partial charge on any atom is 0.410 e. The molecule has 0 saturated carbocycles. The van der Waals surface area contributed by atoms with Gasteiger partial charge in [-0.1, -0.05) is 11.6 Å². The van der Waals surface area contributed by atoms with Gasteiger partial charge in [-0.05, 0) is 39.5 Å². The maximum absolute atomic E-state index is 12.0. The van der Waals surface area contributed by atoms with Crippen LogP contribution in [0, 0.1) is 5.92 Å². The highest BCUT2D eigenvalue weighted by Gasteiger charge is 2.26. The molecular weight excluding hydrogens is 318 g/mol. The van der Waals surface area contributed by atoms with Crippen molar-refractivity contribution in [2.24, 2.45) is 5.92 Å². The number of aromatic nitrogens is 2. The highest BCUT2D eigenvalue weighted by atomic mass is 35.5. The van der Waals surface area contributed by atoms with E-state index in [1.807, 2.05) is 20.8 Å². The summed E-state index contributed by atoms with van der Waals surface area (Å²) in [6.07, 6.45) is 1.60. The number of nitrogens with two attached hydrogens (primary N) is 1. The van der Waals surface area contributed by atoms with Crippen molar-refractivity contribution in [1.29, 1.82) is 0 Å². The van der Waals surface area contributed by atoms with Gasteiger partial charge in [0, 0.05) is 25.7 Å². The second-order valence-electron chi connectivity index (χ2n) is 6.73. The van der Waals surface area contributed by atoms with Crippen LogP contribution in [0.2, 0.25) is 5.15 Å². The van der Waals surface area contributed by atoms with Crippen molar-refractivity contribution in [3.05, 3.63) is 11.2 Å². The summed E-state index contributed by atoms with van der Waals surface area (Å²) in [5.41, 5.74) is 5.11. The van der Waals surface area contributed by atoms with Crippen LogP contribution in [0.1, 0.15) is 33.6 Å². The van der Waals surface area contributed by atoms with Crippen molar-refractivity contribution in [2.75, 3.05) is 30.7 Å². The van der Waals surface area contributed by atoms with Crippen molar-refractivity contribution < 1.29 is 9.53 Å². The number of nitrogen functional groups attached to an aromatic ring is 1. The number of nitrogens with zero attached hydrogens (tertiary/aromatic N) is 3. The van der Waals surface area contributed by atoms with Crippen LogP contribution in [0.25, 0.3) is 0 Å². The van der Waals surface area contributed by atoms with Crippen molar-refractivity contribution in [2.45, 2.75) is 39.2 Å². The molecule has 3 N–H and O–H groups in total. The largest absolute Gasteiger partial charge is 0.444 e. The number of carbonyl (C=O) groups is 1. The van der Waals surface area contributed by atoms with Crippen LogP contribution >= 0.6 is 11.6 Å². The van der Waals surface area contributed by atoms with Crippen LogP contribution in [-0.4, -0.2) is 46.2 Å². The van der Waals surface area contributed by atoms with Crippen molar-refractivity contribution in [1.82, 2.24) is 14.9 Å². The average Bonchev–Trinajstić information content (AvgIpc) is 2.43. The minimum atomic E-state index is -0.457. The predicted molar refractivity (Wildman–Crippen MR) is 90.5 cm³/mol. The van der Waals surface area contributed by atoms with Gasteiger partial charge in [-0.25, -0.2) is 9.78 Å². The van der Waals surface area contributed by atoms with Gasteiger partial charge in [0.2, 0.25) is 5.95 Å². The first kappa shape index (κ1) is 17.6. The number of hydrogen-bond donors (Lipinski definition) is 2. The lowest BCUT2D eigenvalue weighted by Gasteiger charge is -2.33. The molecular formula is C15H24ClN5O2. The summed E-state index contributed by atoms with van der Waals surface area (Å²) in [7, 11) is 0. The van der Waals surface area contributed by atoms with Crippen LogP contribution in [-0.2, 0) is 4.74 Å². The van der Waals surface area contributed by atoms with E-state index in [2.05, 4.69) is 15.3 Å². The highest BCUT2D eigenvalue weighted by molar-refractivity contribution is 6.29. The molecule has 2 heterocycles. The van der Waals surface area contributed by atoms with Crippen LogP contribution in [0.15, 0.2) is 6.07 Å². The zero-order chi connectivity index (χ0) is 17.0. The number of rotatable bonds is 3. The fraction of sp³-hybridized carbons (Fsp3) is 0.667. The highest BCUT2D eigenvalue weighted by Crippen LogP contribution is 2.21. The molecule has 1 aliphatic heterocycles. The lowest BCUT2D eigenvalue weighted by molar-refractivity contribution is 0.0188. The molecule has 0 atom stereocenters. The molecule has 0 spiro atoms. The molecule has 0 aliphatic carbocycles. The Labute approximate surface area is 141 Å². The second-order valence-corrected chi connectivity index (χ2v) is 7.11. The molecule has 1 amide bonds. The minimum Gasteiger partial charge on any atom is -0.444 e. The third-order valence-electron chi connectivity index (χ3n) is 3.55. The van der Waals surface area contributed by atoms with Crippen LogP contribution < -0.4 is 11.1 Å². The summed E-state index contributed by atoms with van der Waals surface area (Å²) in [5.74, 6) is 1.24.